The standard InChI is InChI=1S/C17H23N3O/c1-6-7-18-16-12(4)13(5)19-17(20-16)14-8-10(2)15(21)11(3)9-14/h8-9,21H,6-7H2,1-5H3,(H,18,19,20). The predicted octanol–water partition coefficient (Wildman–Crippen LogP) is 3.90. The summed E-state index contributed by atoms with van der Waals surface area (Å²) in [6.45, 7) is 10.8. The second-order valence-corrected chi connectivity index (χ2v) is 5.49. The van der Waals surface area contributed by atoms with Gasteiger partial charge in [-0.3, -0.25) is 0 Å². The highest BCUT2D eigenvalue weighted by Gasteiger charge is 2.11. The molecule has 2 rings (SSSR count). The van der Waals surface area contributed by atoms with Crippen LogP contribution in [0.3, 0.4) is 0 Å². The van der Waals surface area contributed by atoms with Crippen molar-refractivity contribution in [3.05, 3.63) is 34.5 Å². The van der Waals surface area contributed by atoms with E-state index in [9.17, 15) is 5.11 Å². The van der Waals surface area contributed by atoms with E-state index >= 15 is 0 Å². The summed E-state index contributed by atoms with van der Waals surface area (Å²) in [4.78, 5) is 9.24. The van der Waals surface area contributed by atoms with Gasteiger partial charge in [-0.2, -0.15) is 0 Å². The second-order valence-electron chi connectivity index (χ2n) is 5.49. The number of nitrogens with zero attached hydrogens (tertiary/aromatic N) is 2. The van der Waals surface area contributed by atoms with Crippen molar-refractivity contribution in [2.75, 3.05) is 11.9 Å². The zero-order valence-corrected chi connectivity index (χ0v) is 13.4. The molecule has 112 valence electrons. The predicted molar refractivity (Wildman–Crippen MR) is 86.9 cm³/mol. The molecule has 0 atom stereocenters. The van der Waals surface area contributed by atoms with Crippen LogP contribution >= 0.6 is 0 Å². The Hall–Kier alpha value is -2.10. The number of hydrogen-bond acceptors (Lipinski definition) is 4. The van der Waals surface area contributed by atoms with Gasteiger partial charge < -0.3 is 10.4 Å². The van der Waals surface area contributed by atoms with E-state index in [1.54, 1.807) is 0 Å². The number of nitrogens with one attached hydrogen (secondary N) is 1. The number of benzene rings is 1. The lowest BCUT2D eigenvalue weighted by molar-refractivity contribution is 0.467. The molecule has 1 aromatic heterocycles. The summed E-state index contributed by atoms with van der Waals surface area (Å²) in [7, 11) is 0. The largest absolute Gasteiger partial charge is 0.507 e. The molecule has 0 aliphatic rings. The third-order valence-electron chi connectivity index (χ3n) is 3.68. The van der Waals surface area contributed by atoms with E-state index in [1.165, 1.54) is 0 Å². The Bertz CT molecular complexity index is 642. The summed E-state index contributed by atoms with van der Waals surface area (Å²) >= 11 is 0. The molecule has 0 saturated heterocycles. The maximum atomic E-state index is 9.89. The summed E-state index contributed by atoms with van der Waals surface area (Å²) in [5, 5.41) is 13.2. The van der Waals surface area contributed by atoms with Crippen molar-refractivity contribution in [3.8, 4) is 17.1 Å². The van der Waals surface area contributed by atoms with E-state index in [-0.39, 0.29) is 0 Å². The maximum Gasteiger partial charge on any atom is 0.161 e. The molecule has 0 spiro atoms. The lowest BCUT2D eigenvalue weighted by Crippen LogP contribution is -2.07. The fourth-order valence-corrected chi connectivity index (χ4v) is 2.26. The van der Waals surface area contributed by atoms with Crippen molar-refractivity contribution in [3.63, 3.8) is 0 Å². The Morgan fingerprint density at radius 2 is 1.67 bits per heavy atom. The zero-order valence-electron chi connectivity index (χ0n) is 13.4. The topological polar surface area (TPSA) is 58.0 Å². The molecule has 0 fully saturated rings. The van der Waals surface area contributed by atoms with Crippen molar-refractivity contribution < 1.29 is 5.11 Å². The normalized spacial score (nSPS) is 10.7. The smallest absolute Gasteiger partial charge is 0.161 e. The monoisotopic (exact) mass is 285 g/mol. The molecule has 2 N–H and O–H groups in total. The molecule has 1 aromatic carbocycles. The van der Waals surface area contributed by atoms with Crippen LogP contribution in [-0.4, -0.2) is 21.6 Å². The summed E-state index contributed by atoms with van der Waals surface area (Å²) in [6, 6.07) is 3.85. The van der Waals surface area contributed by atoms with Gasteiger partial charge in [-0.25, -0.2) is 9.97 Å². The third kappa shape index (κ3) is 3.15. The van der Waals surface area contributed by atoms with E-state index in [0.717, 1.165) is 46.7 Å². The van der Waals surface area contributed by atoms with Crippen molar-refractivity contribution in [1.82, 2.24) is 9.97 Å². The van der Waals surface area contributed by atoms with Gasteiger partial charge in [0.25, 0.3) is 0 Å². The Morgan fingerprint density at radius 1 is 1.05 bits per heavy atom. The minimum atomic E-state index is 0.340. The molecule has 0 radical (unpaired) electrons. The first-order valence-electron chi connectivity index (χ1n) is 7.33. The summed E-state index contributed by atoms with van der Waals surface area (Å²) in [5.74, 6) is 1.93. The average molecular weight is 285 g/mol. The molecule has 4 nitrogen and oxygen atoms in total. The number of phenols is 1. The van der Waals surface area contributed by atoms with E-state index in [4.69, 9.17) is 0 Å². The lowest BCUT2D eigenvalue weighted by Gasteiger charge is -2.13. The SMILES string of the molecule is CCCNc1nc(-c2cc(C)c(O)c(C)c2)nc(C)c1C. The van der Waals surface area contributed by atoms with Gasteiger partial charge in [0.2, 0.25) is 0 Å². The summed E-state index contributed by atoms with van der Waals surface area (Å²) in [5.41, 5.74) is 4.68. The quantitative estimate of drug-likeness (QED) is 0.894. The summed E-state index contributed by atoms with van der Waals surface area (Å²) in [6.07, 6.45) is 1.05. The number of aromatic nitrogens is 2. The molecule has 21 heavy (non-hydrogen) atoms. The van der Waals surface area contributed by atoms with Crippen molar-refractivity contribution in [1.29, 1.82) is 0 Å². The van der Waals surface area contributed by atoms with Crippen LogP contribution in [0.4, 0.5) is 5.82 Å². The second kappa shape index (κ2) is 6.12. The van der Waals surface area contributed by atoms with E-state index in [2.05, 4.69) is 22.2 Å². The minimum Gasteiger partial charge on any atom is -0.507 e. The Labute approximate surface area is 126 Å². The number of rotatable bonds is 4. The molecule has 4 heteroatoms. The summed E-state index contributed by atoms with van der Waals surface area (Å²) < 4.78 is 0. The van der Waals surface area contributed by atoms with Crippen LogP contribution in [0.15, 0.2) is 12.1 Å². The Kier molecular flexibility index (Phi) is 4.46. The molecular formula is C17H23N3O. The van der Waals surface area contributed by atoms with E-state index in [0.29, 0.717) is 11.6 Å². The highest BCUT2D eigenvalue weighted by atomic mass is 16.3. The van der Waals surface area contributed by atoms with Crippen molar-refractivity contribution in [2.45, 2.75) is 41.0 Å². The first kappa shape index (κ1) is 15.3. The molecule has 0 saturated carbocycles. The Balaban J connectivity index is 2.51. The van der Waals surface area contributed by atoms with Crippen LogP contribution in [0, 0.1) is 27.7 Å². The number of aromatic hydroxyl groups is 1. The lowest BCUT2D eigenvalue weighted by atomic mass is 10.0. The maximum absolute atomic E-state index is 9.89. The fourth-order valence-electron chi connectivity index (χ4n) is 2.26. The molecule has 0 aliphatic heterocycles. The van der Waals surface area contributed by atoms with Crippen LogP contribution < -0.4 is 5.32 Å². The number of phenolic OH excluding ortho intramolecular Hbond substituents is 1. The van der Waals surface area contributed by atoms with Crippen molar-refractivity contribution in [2.24, 2.45) is 0 Å². The van der Waals surface area contributed by atoms with Crippen LogP contribution in [-0.2, 0) is 0 Å². The Morgan fingerprint density at radius 3 is 2.24 bits per heavy atom. The van der Waals surface area contributed by atoms with Crippen LogP contribution in [0.25, 0.3) is 11.4 Å². The molecule has 0 bridgehead atoms. The highest BCUT2D eigenvalue weighted by Crippen LogP contribution is 2.29. The van der Waals surface area contributed by atoms with Crippen LogP contribution in [0.2, 0.25) is 0 Å². The van der Waals surface area contributed by atoms with Crippen LogP contribution in [0.1, 0.15) is 35.7 Å². The molecular weight excluding hydrogens is 262 g/mol. The van der Waals surface area contributed by atoms with E-state index < -0.39 is 0 Å². The third-order valence-corrected chi connectivity index (χ3v) is 3.68. The van der Waals surface area contributed by atoms with Crippen molar-refractivity contribution >= 4 is 5.82 Å². The number of anilines is 1. The molecule has 0 amide bonds. The highest BCUT2D eigenvalue weighted by molar-refractivity contribution is 5.63. The molecule has 2 aromatic rings. The first-order chi connectivity index (χ1) is 9.93. The van der Waals surface area contributed by atoms with Gasteiger partial charge in [0.05, 0.1) is 0 Å². The molecule has 0 unspecified atom stereocenters. The molecule has 0 aliphatic carbocycles. The van der Waals surface area contributed by atoms with Gasteiger partial charge >= 0.3 is 0 Å². The first-order valence-corrected chi connectivity index (χ1v) is 7.33. The number of hydrogen-bond donors (Lipinski definition) is 2. The fraction of sp³-hybridized carbons (Fsp3) is 0.412. The van der Waals surface area contributed by atoms with Gasteiger partial charge in [0.1, 0.15) is 11.6 Å². The van der Waals surface area contributed by atoms with Gasteiger partial charge in [0.15, 0.2) is 5.82 Å². The number of aryl methyl sites for hydroxylation is 3. The van der Waals surface area contributed by atoms with Gasteiger partial charge in [0, 0.05) is 23.4 Å². The van der Waals surface area contributed by atoms with Gasteiger partial charge in [-0.1, -0.05) is 6.92 Å². The average Bonchev–Trinajstić information content (AvgIpc) is 2.45. The van der Waals surface area contributed by atoms with Crippen LogP contribution in [0.5, 0.6) is 5.75 Å². The zero-order chi connectivity index (χ0) is 15.6. The minimum absolute atomic E-state index is 0.340. The van der Waals surface area contributed by atoms with Gasteiger partial charge in [-0.15, -0.1) is 0 Å². The molecule has 1 heterocycles. The van der Waals surface area contributed by atoms with Gasteiger partial charge in [-0.05, 0) is 57.4 Å². The van der Waals surface area contributed by atoms with E-state index in [1.807, 2.05) is 39.8 Å².